The summed E-state index contributed by atoms with van der Waals surface area (Å²) in [4.78, 5) is 12.1. The van der Waals surface area contributed by atoms with E-state index in [1.807, 2.05) is 24.3 Å². The maximum Gasteiger partial charge on any atom is 0.179 e. The van der Waals surface area contributed by atoms with Gasteiger partial charge in [-0.2, -0.15) is 0 Å². The van der Waals surface area contributed by atoms with Crippen molar-refractivity contribution in [1.82, 2.24) is 5.32 Å². The Kier molecular flexibility index (Phi) is 4.73. The topological polar surface area (TPSA) is 47.6 Å². The van der Waals surface area contributed by atoms with E-state index in [9.17, 15) is 4.79 Å². The summed E-state index contributed by atoms with van der Waals surface area (Å²) in [6, 6.07) is 7.30. The van der Waals surface area contributed by atoms with E-state index < -0.39 is 0 Å². The molecule has 1 aromatic carbocycles. The van der Waals surface area contributed by atoms with Crippen molar-refractivity contribution in [3.05, 3.63) is 29.8 Å². The van der Waals surface area contributed by atoms with E-state index in [0.717, 1.165) is 30.7 Å². The standard InChI is InChI=1S/C14H19NO3/c1-17-9-10-18-12-6-4-11(5-7-12)14(16)13-3-2-8-15-13/h4-7,13,15H,2-3,8-10H2,1H3. The first-order valence-corrected chi connectivity index (χ1v) is 6.30. The summed E-state index contributed by atoms with van der Waals surface area (Å²) in [5.74, 6) is 0.943. The Morgan fingerprint density at radius 1 is 1.33 bits per heavy atom. The zero-order valence-electron chi connectivity index (χ0n) is 10.6. The van der Waals surface area contributed by atoms with Crippen molar-refractivity contribution >= 4 is 5.78 Å². The van der Waals surface area contributed by atoms with Gasteiger partial charge < -0.3 is 14.8 Å². The smallest absolute Gasteiger partial charge is 0.179 e. The SMILES string of the molecule is COCCOc1ccc(C(=O)C2CCCN2)cc1. The van der Waals surface area contributed by atoms with Gasteiger partial charge in [0.15, 0.2) is 5.78 Å². The van der Waals surface area contributed by atoms with Crippen LogP contribution in [0, 0.1) is 0 Å². The lowest BCUT2D eigenvalue weighted by Crippen LogP contribution is -2.30. The molecule has 98 valence electrons. The number of ether oxygens (including phenoxy) is 2. The zero-order chi connectivity index (χ0) is 12.8. The lowest BCUT2D eigenvalue weighted by molar-refractivity contribution is 0.0952. The predicted molar refractivity (Wildman–Crippen MR) is 69.2 cm³/mol. The van der Waals surface area contributed by atoms with E-state index in [1.54, 1.807) is 7.11 Å². The molecule has 0 amide bonds. The quantitative estimate of drug-likeness (QED) is 0.615. The summed E-state index contributed by atoms with van der Waals surface area (Å²) in [5, 5.41) is 3.21. The molecule has 1 atom stereocenters. The molecule has 0 aliphatic carbocycles. The molecule has 1 unspecified atom stereocenters. The number of carbonyl (C=O) groups excluding carboxylic acids is 1. The van der Waals surface area contributed by atoms with E-state index >= 15 is 0 Å². The second-order valence-corrected chi connectivity index (χ2v) is 4.38. The van der Waals surface area contributed by atoms with Crippen molar-refractivity contribution in [3.63, 3.8) is 0 Å². The Labute approximate surface area is 107 Å². The number of ketones is 1. The van der Waals surface area contributed by atoms with Gasteiger partial charge in [-0.15, -0.1) is 0 Å². The van der Waals surface area contributed by atoms with Gasteiger partial charge >= 0.3 is 0 Å². The lowest BCUT2D eigenvalue weighted by Gasteiger charge is -2.10. The largest absolute Gasteiger partial charge is 0.491 e. The normalized spacial score (nSPS) is 18.8. The van der Waals surface area contributed by atoms with Gasteiger partial charge in [-0.25, -0.2) is 0 Å². The predicted octanol–water partition coefficient (Wildman–Crippen LogP) is 1.65. The number of nitrogens with one attached hydrogen (secondary N) is 1. The van der Waals surface area contributed by atoms with Crippen molar-refractivity contribution in [2.24, 2.45) is 0 Å². The second kappa shape index (κ2) is 6.52. The minimum Gasteiger partial charge on any atom is -0.491 e. The molecule has 0 bridgehead atoms. The van der Waals surface area contributed by atoms with Gasteiger partial charge in [0.2, 0.25) is 0 Å². The third kappa shape index (κ3) is 3.31. The Balaban J connectivity index is 1.92. The number of methoxy groups -OCH3 is 1. The van der Waals surface area contributed by atoms with E-state index in [0.29, 0.717) is 13.2 Å². The molecule has 1 N–H and O–H groups in total. The van der Waals surface area contributed by atoms with Gasteiger partial charge in [-0.05, 0) is 43.7 Å². The molecule has 0 spiro atoms. The third-order valence-corrected chi connectivity index (χ3v) is 3.07. The molecule has 18 heavy (non-hydrogen) atoms. The van der Waals surface area contributed by atoms with Crippen LogP contribution in [0.1, 0.15) is 23.2 Å². The van der Waals surface area contributed by atoms with Gasteiger partial charge in [0.25, 0.3) is 0 Å². The van der Waals surface area contributed by atoms with Crippen LogP contribution in [0.2, 0.25) is 0 Å². The Morgan fingerprint density at radius 3 is 2.72 bits per heavy atom. The van der Waals surface area contributed by atoms with Gasteiger partial charge in [-0.3, -0.25) is 4.79 Å². The van der Waals surface area contributed by atoms with Crippen LogP contribution >= 0.6 is 0 Å². The number of carbonyl (C=O) groups is 1. The van der Waals surface area contributed by atoms with Crippen LogP contribution < -0.4 is 10.1 Å². The second-order valence-electron chi connectivity index (χ2n) is 4.38. The van der Waals surface area contributed by atoms with Crippen LogP contribution in [-0.2, 0) is 4.74 Å². The minimum atomic E-state index is -0.00902. The average molecular weight is 249 g/mol. The molecule has 4 nitrogen and oxygen atoms in total. The molecule has 2 rings (SSSR count). The van der Waals surface area contributed by atoms with E-state index in [2.05, 4.69) is 5.32 Å². The Bertz CT molecular complexity index is 383. The molecule has 1 aliphatic heterocycles. The fraction of sp³-hybridized carbons (Fsp3) is 0.500. The lowest BCUT2D eigenvalue weighted by atomic mass is 10.0. The summed E-state index contributed by atoms with van der Waals surface area (Å²) in [5.41, 5.74) is 0.744. The number of rotatable bonds is 6. The Hall–Kier alpha value is -1.39. The summed E-state index contributed by atoms with van der Waals surface area (Å²) in [7, 11) is 1.64. The van der Waals surface area contributed by atoms with Crippen LogP contribution in [0.4, 0.5) is 0 Å². The molecular weight excluding hydrogens is 230 g/mol. The summed E-state index contributed by atoms with van der Waals surface area (Å²) in [6.45, 7) is 2.02. The van der Waals surface area contributed by atoms with Crippen LogP contribution in [-0.4, -0.2) is 38.7 Å². The molecule has 0 radical (unpaired) electrons. The molecule has 1 aliphatic rings. The molecule has 1 saturated heterocycles. The summed E-state index contributed by atoms with van der Waals surface area (Å²) < 4.78 is 10.4. The maximum absolute atomic E-state index is 12.1. The first kappa shape index (κ1) is 13.1. The van der Waals surface area contributed by atoms with Crippen LogP contribution in [0.15, 0.2) is 24.3 Å². The highest BCUT2D eigenvalue weighted by Crippen LogP contribution is 2.16. The van der Waals surface area contributed by atoms with Crippen molar-refractivity contribution in [1.29, 1.82) is 0 Å². The number of hydrogen-bond acceptors (Lipinski definition) is 4. The first-order valence-electron chi connectivity index (χ1n) is 6.30. The zero-order valence-corrected chi connectivity index (χ0v) is 10.6. The molecule has 1 fully saturated rings. The third-order valence-electron chi connectivity index (χ3n) is 3.07. The number of Topliss-reactive ketones (excluding diaryl/α,β-unsaturated/α-hetero) is 1. The van der Waals surface area contributed by atoms with Crippen LogP contribution in [0.25, 0.3) is 0 Å². The van der Waals surface area contributed by atoms with Crippen LogP contribution in [0.3, 0.4) is 0 Å². The fourth-order valence-corrected chi connectivity index (χ4v) is 2.07. The van der Waals surface area contributed by atoms with Crippen molar-refractivity contribution in [2.45, 2.75) is 18.9 Å². The fourth-order valence-electron chi connectivity index (χ4n) is 2.07. The van der Waals surface area contributed by atoms with Crippen LogP contribution in [0.5, 0.6) is 5.75 Å². The summed E-state index contributed by atoms with van der Waals surface area (Å²) >= 11 is 0. The molecule has 4 heteroatoms. The monoisotopic (exact) mass is 249 g/mol. The first-order chi connectivity index (χ1) is 8.81. The van der Waals surface area contributed by atoms with Crippen molar-refractivity contribution in [2.75, 3.05) is 26.9 Å². The van der Waals surface area contributed by atoms with E-state index in [-0.39, 0.29) is 11.8 Å². The average Bonchev–Trinajstić information content (AvgIpc) is 2.93. The molecular formula is C14H19NO3. The molecule has 0 aromatic heterocycles. The summed E-state index contributed by atoms with van der Waals surface area (Å²) in [6.07, 6.45) is 2.01. The highest BCUT2D eigenvalue weighted by molar-refractivity contribution is 6.00. The number of hydrogen-bond donors (Lipinski definition) is 1. The Morgan fingerprint density at radius 2 is 2.11 bits per heavy atom. The highest BCUT2D eigenvalue weighted by atomic mass is 16.5. The van der Waals surface area contributed by atoms with Gasteiger partial charge in [0.1, 0.15) is 12.4 Å². The van der Waals surface area contributed by atoms with Gasteiger partial charge in [0.05, 0.1) is 12.6 Å². The number of benzene rings is 1. The van der Waals surface area contributed by atoms with Crippen molar-refractivity contribution < 1.29 is 14.3 Å². The minimum absolute atomic E-state index is 0.00902. The van der Waals surface area contributed by atoms with E-state index in [4.69, 9.17) is 9.47 Å². The maximum atomic E-state index is 12.1. The highest BCUT2D eigenvalue weighted by Gasteiger charge is 2.22. The van der Waals surface area contributed by atoms with E-state index in [1.165, 1.54) is 0 Å². The van der Waals surface area contributed by atoms with Gasteiger partial charge in [0, 0.05) is 12.7 Å². The van der Waals surface area contributed by atoms with Gasteiger partial charge in [-0.1, -0.05) is 0 Å². The van der Waals surface area contributed by atoms with Crippen molar-refractivity contribution in [3.8, 4) is 5.75 Å². The molecule has 0 saturated carbocycles. The molecule has 1 aromatic rings. The molecule has 1 heterocycles.